The van der Waals surface area contributed by atoms with E-state index in [1.54, 1.807) is 4.68 Å². The smallest absolute Gasteiger partial charge is 0.256 e. The van der Waals surface area contributed by atoms with Gasteiger partial charge in [-0.2, -0.15) is 5.10 Å². The highest BCUT2D eigenvalue weighted by Gasteiger charge is 2.23. The van der Waals surface area contributed by atoms with Crippen LogP contribution in [0.5, 0.6) is 0 Å². The predicted octanol–water partition coefficient (Wildman–Crippen LogP) is 4.29. The van der Waals surface area contributed by atoms with Crippen molar-refractivity contribution in [1.29, 1.82) is 0 Å². The first-order valence-electron chi connectivity index (χ1n) is 8.28. The van der Waals surface area contributed by atoms with Gasteiger partial charge in [-0.15, -0.1) is 0 Å². The number of carbonyl (C=O) groups excluding carboxylic acids is 1. The highest BCUT2D eigenvalue weighted by molar-refractivity contribution is 6.33. The van der Waals surface area contributed by atoms with E-state index in [0.717, 1.165) is 18.5 Å². The van der Waals surface area contributed by atoms with Crippen molar-refractivity contribution < 1.29 is 4.79 Å². The second-order valence-electron chi connectivity index (χ2n) is 6.16. The van der Waals surface area contributed by atoms with Crippen molar-refractivity contribution in [3.8, 4) is 5.69 Å². The van der Waals surface area contributed by atoms with Gasteiger partial charge in [-0.25, -0.2) is 4.68 Å². The van der Waals surface area contributed by atoms with E-state index in [4.69, 9.17) is 11.6 Å². The monoisotopic (exact) mass is 331 g/mol. The second-order valence-corrected chi connectivity index (χ2v) is 6.52. The number of carbonyl (C=O) groups is 1. The Labute approximate surface area is 141 Å². The van der Waals surface area contributed by atoms with E-state index in [1.165, 1.54) is 25.7 Å². The molecule has 0 atom stereocenters. The van der Waals surface area contributed by atoms with Gasteiger partial charge in [0.25, 0.3) is 5.91 Å². The molecule has 0 unspecified atom stereocenters. The fourth-order valence-electron chi connectivity index (χ4n) is 3.18. The number of benzene rings is 1. The Bertz CT molecular complexity index is 673. The van der Waals surface area contributed by atoms with Crippen LogP contribution in [-0.4, -0.2) is 21.7 Å². The van der Waals surface area contributed by atoms with Crippen LogP contribution in [0.25, 0.3) is 5.69 Å². The molecule has 0 aliphatic heterocycles. The van der Waals surface area contributed by atoms with Gasteiger partial charge in [0, 0.05) is 6.04 Å². The van der Waals surface area contributed by atoms with Gasteiger partial charge in [-0.1, -0.05) is 55.5 Å². The zero-order chi connectivity index (χ0) is 16.2. The third-order valence-corrected chi connectivity index (χ3v) is 4.77. The Morgan fingerprint density at radius 3 is 2.48 bits per heavy atom. The normalized spacial score (nSPS) is 16.1. The Balaban J connectivity index is 1.82. The first-order chi connectivity index (χ1) is 11.2. The van der Waals surface area contributed by atoms with Gasteiger partial charge >= 0.3 is 0 Å². The van der Waals surface area contributed by atoms with Gasteiger partial charge in [0.1, 0.15) is 5.15 Å². The standard InChI is InChI=1S/C18H22ClN3O/c1-13-16(18(23)20-14-9-5-2-3-6-10-14)17(19)22(21-13)15-11-7-4-8-12-15/h4,7-8,11-12,14H,2-3,5-6,9-10H2,1H3,(H,20,23). The maximum atomic E-state index is 12.7. The quantitative estimate of drug-likeness (QED) is 0.853. The van der Waals surface area contributed by atoms with Crippen LogP contribution in [0.4, 0.5) is 0 Å². The van der Waals surface area contributed by atoms with Crippen molar-refractivity contribution in [1.82, 2.24) is 15.1 Å². The van der Waals surface area contributed by atoms with E-state index in [9.17, 15) is 4.79 Å². The number of hydrogen-bond donors (Lipinski definition) is 1. The number of halogens is 1. The molecular weight excluding hydrogens is 310 g/mol. The molecule has 1 N–H and O–H groups in total. The van der Waals surface area contributed by atoms with Crippen LogP contribution < -0.4 is 5.32 Å². The fourth-order valence-corrected chi connectivity index (χ4v) is 3.54. The molecule has 0 bridgehead atoms. The molecule has 1 aromatic heterocycles. The van der Waals surface area contributed by atoms with Crippen molar-refractivity contribution in [2.45, 2.75) is 51.5 Å². The van der Waals surface area contributed by atoms with Crippen molar-refractivity contribution in [3.63, 3.8) is 0 Å². The Kier molecular flexibility index (Phi) is 5.01. The molecule has 1 saturated carbocycles. The summed E-state index contributed by atoms with van der Waals surface area (Å²) in [4.78, 5) is 12.7. The van der Waals surface area contributed by atoms with E-state index in [0.29, 0.717) is 16.4 Å². The molecule has 1 aliphatic rings. The minimum absolute atomic E-state index is 0.110. The molecule has 1 fully saturated rings. The predicted molar refractivity (Wildman–Crippen MR) is 92.3 cm³/mol. The van der Waals surface area contributed by atoms with Gasteiger partial charge in [-0.05, 0) is 31.9 Å². The number of rotatable bonds is 3. The van der Waals surface area contributed by atoms with Crippen LogP contribution in [0.3, 0.4) is 0 Å². The lowest BCUT2D eigenvalue weighted by Gasteiger charge is -2.16. The van der Waals surface area contributed by atoms with Gasteiger partial charge in [0.15, 0.2) is 0 Å². The number of nitrogens with one attached hydrogen (secondary N) is 1. The molecule has 23 heavy (non-hydrogen) atoms. The molecule has 0 radical (unpaired) electrons. The third kappa shape index (κ3) is 3.58. The van der Waals surface area contributed by atoms with Crippen molar-refractivity contribution in [2.75, 3.05) is 0 Å². The van der Waals surface area contributed by atoms with E-state index in [-0.39, 0.29) is 11.9 Å². The van der Waals surface area contributed by atoms with Crippen LogP contribution in [0.1, 0.15) is 54.6 Å². The minimum Gasteiger partial charge on any atom is -0.349 e. The van der Waals surface area contributed by atoms with Gasteiger partial charge in [0.05, 0.1) is 16.9 Å². The molecule has 1 heterocycles. The highest BCUT2D eigenvalue weighted by atomic mass is 35.5. The molecule has 1 aromatic carbocycles. The summed E-state index contributed by atoms with van der Waals surface area (Å²) in [5.74, 6) is -0.110. The molecule has 122 valence electrons. The fraction of sp³-hybridized carbons (Fsp3) is 0.444. The number of aromatic nitrogens is 2. The Morgan fingerprint density at radius 2 is 1.83 bits per heavy atom. The zero-order valence-electron chi connectivity index (χ0n) is 13.4. The van der Waals surface area contributed by atoms with E-state index in [1.807, 2.05) is 37.3 Å². The van der Waals surface area contributed by atoms with Crippen molar-refractivity contribution >= 4 is 17.5 Å². The first-order valence-corrected chi connectivity index (χ1v) is 8.66. The summed E-state index contributed by atoms with van der Waals surface area (Å²) in [6.07, 6.45) is 6.99. The third-order valence-electron chi connectivity index (χ3n) is 4.42. The molecule has 1 amide bonds. The van der Waals surface area contributed by atoms with Gasteiger partial charge in [-0.3, -0.25) is 4.79 Å². The van der Waals surface area contributed by atoms with Gasteiger partial charge in [0.2, 0.25) is 0 Å². The summed E-state index contributed by atoms with van der Waals surface area (Å²) in [5, 5.41) is 7.96. The van der Waals surface area contributed by atoms with Gasteiger partial charge < -0.3 is 5.32 Å². The molecular formula is C18H22ClN3O. The van der Waals surface area contributed by atoms with E-state index >= 15 is 0 Å². The van der Waals surface area contributed by atoms with Crippen LogP contribution in [0.2, 0.25) is 5.15 Å². The SMILES string of the molecule is Cc1nn(-c2ccccc2)c(Cl)c1C(=O)NC1CCCCCC1. The lowest BCUT2D eigenvalue weighted by Crippen LogP contribution is -2.34. The van der Waals surface area contributed by atoms with Crippen LogP contribution in [0.15, 0.2) is 30.3 Å². The molecule has 0 saturated heterocycles. The minimum atomic E-state index is -0.110. The number of hydrogen-bond acceptors (Lipinski definition) is 2. The van der Waals surface area contributed by atoms with Crippen molar-refractivity contribution in [2.24, 2.45) is 0 Å². The van der Waals surface area contributed by atoms with E-state index in [2.05, 4.69) is 10.4 Å². The Hall–Kier alpha value is -1.81. The highest BCUT2D eigenvalue weighted by Crippen LogP contribution is 2.24. The average molecular weight is 332 g/mol. The lowest BCUT2D eigenvalue weighted by atomic mass is 10.1. The summed E-state index contributed by atoms with van der Waals surface area (Å²) in [7, 11) is 0. The molecule has 0 spiro atoms. The molecule has 4 nitrogen and oxygen atoms in total. The van der Waals surface area contributed by atoms with Crippen LogP contribution in [-0.2, 0) is 0 Å². The number of amides is 1. The number of aryl methyl sites for hydroxylation is 1. The summed E-state index contributed by atoms with van der Waals surface area (Å²) in [5.41, 5.74) is 2.00. The summed E-state index contributed by atoms with van der Waals surface area (Å²) in [6, 6.07) is 9.88. The van der Waals surface area contributed by atoms with Crippen LogP contribution >= 0.6 is 11.6 Å². The number of nitrogens with zero attached hydrogens (tertiary/aromatic N) is 2. The topological polar surface area (TPSA) is 46.9 Å². The summed E-state index contributed by atoms with van der Waals surface area (Å²) in [6.45, 7) is 1.83. The zero-order valence-corrected chi connectivity index (χ0v) is 14.1. The first kappa shape index (κ1) is 16.1. The number of para-hydroxylation sites is 1. The second kappa shape index (κ2) is 7.18. The maximum absolute atomic E-state index is 12.7. The molecule has 1 aliphatic carbocycles. The van der Waals surface area contributed by atoms with Crippen LogP contribution in [0, 0.1) is 6.92 Å². The Morgan fingerprint density at radius 1 is 1.17 bits per heavy atom. The molecule has 2 aromatic rings. The summed E-state index contributed by atoms with van der Waals surface area (Å²) < 4.78 is 1.62. The average Bonchev–Trinajstić information content (AvgIpc) is 2.72. The molecule has 5 heteroatoms. The lowest BCUT2D eigenvalue weighted by molar-refractivity contribution is 0.0933. The molecule has 3 rings (SSSR count). The van der Waals surface area contributed by atoms with Crippen molar-refractivity contribution in [3.05, 3.63) is 46.7 Å². The van der Waals surface area contributed by atoms with E-state index < -0.39 is 0 Å². The largest absolute Gasteiger partial charge is 0.349 e. The maximum Gasteiger partial charge on any atom is 0.256 e. The summed E-state index contributed by atoms with van der Waals surface area (Å²) >= 11 is 6.45.